The maximum Gasteiger partial charge on any atom is 0.199 e. The highest BCUT2D eigenvalue weighted by atomic mass is 16.3. The molecule has 31 heavy (non-hydrogen) atoms. The largest absolute Gasteiger partial charge is 0.494 e. The SMILES string of the molecule is CN=Cc1ccc(C(=NC2CCN(C)CC2)c2c(O)[nH]c3ccc(C(C)=O)cc23)cc1. The van der Waals surface area contributed by atoms with Crippen LogP contribution in [0.4, 0.5) is 0 Å². The minimum Gasteiger partial charge on any atom is -0.494 e. The van der Waals surface area contributed by atoms with E-state index in [1.54, 1.807) is 26.3 Å². The summed E-state index contributed by atoms with van der Waals surface area (Å²) in [7, 11) is 3.88. The number of carbonyl (C=O) groups is 1. The van der Waals surface area contributed by atoms with Crippen molar-refractivity contribution in [2.45, 2.75) is 25.8 Å². The molecule has 0 saturated carbocycles. The van der Waals surface area contributed by atoms with Gasteiger partial charge in [-0.25, -0.2) is 0 Å². The van der Waals surface area contributed by atoms with E-state index in [0.29, 0.717) is 11.1 Å². The summed E-state index contributed by atoms with van der Waals surface area (Å²) in [5, 5.41) is 11.7. The second kappa shape index (κ2) is 8.86. The van der Waals surface area contributed by atoms with Crippen LogP contribution < -0.4 is 0 Å². The van der Waals surface area contributed by atoms with Crippen LogP contribution in [0.3, 0.4) is 0 Å². The number of piperidine rings is 1. The van der Waals surface area contributed by atoms with Gasteiger partial charge in [0, 0.05) is 35.3 Å². The Morgan fingerprint density at radius 1 is 1.13 bits per heavy atom. The predicted octanol–water partition coefficient (Wildman–Crippen LogP) is 4.06. The number of H-pyrrole nitrogens is 1. The molecule has 6 heteroatoms. The third kappa shape index (κ3) is 4.44. The minimum atomic E-state index is -0.00875. The van der Waals surface area contributed by atoms with Gasteiger partial charge in [0.25, 0.3) is 0 Å². The van der Waals surface area contributed by atoms with Crippen LogP contribution in [0.2, 0.25) is 0 Å². The van der Waals surface area contributed by atoms with Crippen molar-refractivity contribution in [2.24, 2.45) is 9.98 Å². The van der Waals surface area contributed by atoms with Crippen molar-refractivity contribution in [3.63, 3.8) is 0 Å². The van der Waals surface area contributed by atoms with E-state index >= 15 is 0 Å². The topological polar surface area (TPSA) is 81.0 Å². The molecule has 0 amide bonds. The van der Waals surface area contributed by atoms with Gasteiger partial charge in [-0.1, -0.05) is 24.3 Å². The highest BCUT2D eigenvalue weighted by Gasteiger charge is 2.22. The van der Waals surface area contributed by atoms with Crippen molar-refractivity contribution in [1.82, 2.24) is 9.88 Å². The van der Waals surface area contributed by atoms with E-state index in [0.717, 1.165) is 53.7 Å². The van der Waals surface area contributed by atoms with Crippen LogP contribution in [0.1, 0.15) is 46.8 Å². The van der Waals surface area contributed by atoms with E-state index in [9.17, 15) is 9.90 Å². The van der Waals surface area contributed by atoms with E-state index < -0.39 is 0 Å². The molecule has 1 saturated heterocycles. The first-order chi connectivity index (χ1) is 15.0. The van der Waals surface area contributed by atoms with Crippen LogP contribution in [0, 0.1) is 0 Å². The van der Waals surface area contributed by atoms with E-state index in [1.165, 1.54) is 0 Å². The number of hydrogen-bond donors (Lipinski definition) is 2. The second-order valence-electron chi connectivity index (χ2n) is 8.19. The Bertz CT molecular complexity index is 1150. The molecular formula is C25H28N4O2. The lowest BCUT2D eigenvalue weighted by Gasteiger charge is -2.27. The van der Waals surface area contributed by atoms with Gasteiger partial charge in [-0.05, 0) is 63.7 Å². The fourth-order valence-electron chi connectivity index (χ4n) is 4.10. The summed E-state index contributed by atoms with van der Waals surface area (Å²) >= 11 is 0. The zero-order valence-electron chi connectivity index (χ0n) is 18.2. The Labute approximate surface area is 182 Å². The number of likely N-dealkylation sites (tertiary alicyclic amines) is 1. The fraction of sp³-hybridized carbons (Fsp3) is 0.320. The lowest BCUT2D eigenvalue weighted by Crippen LogP contribution is -2.32. The minimum absolute atomic E-state index is 0.00875. The van der Waals surface area contributed by atoms with Crippen molar-refractivity contribution in [3.05, 3.63) is 64.7 Å². The van der Waals surface area contributed by atoms with Crippen molar-refractivity contribution in [1.29, 1.82) is 0 Å². The summed E-state index contributed by atoms with van der Waals surface area (Å²) in [5.74, 6) is 0.0622. The van der Waals surface area contributed by atoms with E-state index in [-0.39, 0.29) is 17.7 Å². The second-order valence-corrected chi connectivity index (χ2v) is 8.19. The molecule has 2 N–H and O–H groups in total. The Morgan fingerprint density at radius 3 is 2.45 bits per heavy atom. The van der Waals surface area contributed by atoms with Gasteiger partial charge in [-0.3, -0.25) is 14.8 Å². The van der Waals surface area contributed by atoms with Gasteiger partial charge in [0.1, 0.15) is 0 Å². The van der Waals surface area contributed by atoms with Crippen LogP contribution in [-0.2, 0) is 0 Å². The molecule has 0 aliphatic carbocycles. The Hall–Kier alpha value is -3.25. The zero-order valence-corrected chi connectivity index (χ0v) is 18.2. The maximum atomic E-state index is 12.0. The molecule has 1 aromatic heterocycles. The van der Waals surface area contributed by atoms with Gasteiger partial charge in [-0.15, -0.1) is 0 Å². The molecule has 0 unspecified atom stereocenters. The number of nitrogens with zero attached hydrogens (tertiary/aromatic N) is 3. The number of carbonyl (C=O) groups excluding carboxylic acids is 1. The van der Waals surface area contributed by atoms with Crippen LogP contribution >= 0.6 is 0 Å². The van der Waals surface area contributed by atoms with Gasteiger partial charge < -0.3 is 15.0 Å². The average Bonchev–Trinajstić information content (AvgIpc) is 3.09. The normalized spacial score (nSPS) is 16.4. The first-order valence-electron chi connectivity index (χ1n) is 10.6. The van der Waals surface area contributed by atoms with Crippen molar-refractivity contribution < 1.29 is 9.90 Å². The van der Waals surface area contributed by atoms with Crippen LogP contribution in [0.25, 0.3) is 10.9 Å². The van der Waals surface area contributed by atoms with Gasteiger partial charge in [0.2, 0.25) is 0 Å². The Balaban J connectivity index is 1.87. The number of aliphatic imine (C=N–C) groups is 2. The molecule has 0 bridgehead atoms. The molecule has 160 valence electrons. The summed E-state index contributed by atoms with van der Waals surface area (Å²) in [4.78, 5) is 26.6. The Morgan fingerprint density at radius 2 is 1.81 bits per heavy atom. The maximum absolute atomic E-state index is 12.0. The molecule has 4 rings (SSSR count). The molecule has 6 nitrogen and oxygen atoms in total. The number of benzene rings is 2. The van der Waals surface area contributed by atoms with Gasteiger partial charge >= 0.3 is 0 Å². The molecule has 1 aliphatic heterocycles. The molecule has 2 heterocycles. The number of Topliss-reactive ketones (excluding diaryl/α,β-unsaturated/α-hetero) is 1. The van der Waals surface area contributed by atoms with Crippen LogP contribution in [-0.4, -0.2) is 65.9 Å². The number of aromatic amines is 1. The zero-order chi connectivity index (χ0) is 22.0. The molecule has 0 atom stereocenters. The monoisotopic (exact) mass is 416 g/mol. The molecule has 2 aromatic carbocycles. The standard InChI is InChI=1S/C25H28N4O2/c1-16(30)19-8-9-22-21(14-19)23(25(31)28-22)24(27-20-10-12-29(3)13-11-20)18-6-4-17(5-7-18)15-26-2/h4-9,14-15,20,28,31H,10-13H2,1-3H3. The summed E-state index contributed by atoms with van der Waals surface area (Å²) in [6.45, 7) is 3.55. The third-order valence-corrected chi connectivity index (χ3v) is 5.88. The summed E-state index contributed by atoms with van der Waals surface area (Å²) in [6, 6.07) is 13.7. The van der Waals surface area contributed by atoms with Crippen molar-refractivity contribution in [2.75, 3.05) is 27.2 Å². The third-order valence-electron chi connectivity index (χ3n) is 5.88. The van der Waals surface area contributed by atoms with Gasteiger partial charge in [-0.2, -0.15) is 0 Å². The number of hydrogen-bond acceptors (Lipinski definition) is 5. The highest BCUT2D eigenvalue weighted by Crippen LogP contribution is 2.32. The first kappa shape index (κ1) is 21.0. The summed E-state index contributed by atoms with van der Waals surface area (Å²) in [5.41, 5.74) is 4.72. The lowest BCUT2D eigenvalue weighted by atomic mass is 9.97. The van der Waals surface area contributed by atoms with Gasteiger partial charge in [0.05, 0.1) is 17.3 Å². The van der Waals surface area contributed by atoms with E-state index in [4.69, 9.17) is 4.99 Å². The van der Waals surface area contributed by atoms with Gasteiger partial charge in [0.15, 0.2) is 11.7 Å². The van der Waals surface area contributed by atoms with Crippen molar-refractivity contribution >= 4 is 28.6 Å². The number of ketones is 1. The Kier molecular flexibility index (Phi) is 6.00. The number of fused-ring (bicyclic) bond motifs is 1. The quantitative estimate of drug-likeness (QED) is 0.486. The summed E-state index contributed by atoms with van der Waals surface area (Å²) in [6.07, 6.45) is 3.75. The number of rotatable bonds is 5. The summed E-state index contributed by atoms with van der Waals surface area (Å²) < 4.78 is 0. The smallest absolute Gasteiger partial charge is 0.199 e. The number of aromatic hydroxyl groups is 1. The molecular weight excluding hydrogens is 388 g/mol. The molecule has 1 fully saturated rings. The molecule has 0 spiro atoms. The average molecular weight is 417 g/mol. The molecule has 3 aromatic rings. The molecule has 0 radical (unpaired) electrons. The fourth-order valence-corrected chi connectivity index (χ4v) is 4.10. The number of nitrogens with one attached hydrogen (secondary N) is 1. The highest BCUT2D eigenvalue weighted by molar-refractivity contribution is 6.21. The van der Waals surface area contributed by atoms with Crippen LogP contribution in [0.15, 0.2) is 52.4 Å². The first-order valence-corrected chi connectivity index (χ1v) is 10.6. The van der Waals surface area contributed by atoms with E-state index in [2.05, 4.69) is 21.9 Å². The molecule has 1 aliphatic rings. The van der Waals surface area contributed by atoms with E-state index in [1.807, 2.05) is 36.4 Å². The van der Waals surface area contributed by atoms with Crippen molar-refractivity contribution in [3.8, 4) is 5.88 Å². The lowest BCUT2D eigenvalue weighted by molar-refractivity contribution is 0.101. The predicted molar refractivity (Wildman–Crippen MR) is 126 cm³/mol. The number of aromatic nitrogens is 1. The van der Waals surface area contributed by atoms with Crippen LogP contribution in [0.5, 0.6) is 5.88 Å².